The number of imidazole rings is 1. The average Bonchev–Trinajstić information content (AvgIpc) is 2.98. The zero-order valence-electron chi connectivity index (χ0n) is 12.6. The van der Waals surface area contributed by atoms with Crippen LogP contribution in [0.1, 0.15) is 47.9 Å². The molecule has 2 unspecified atom stereocenters. The molecule has 2 atom stereocenters. The van der Waals surface area contributed by atoms with E-state index in [1.54, 1.807) is 0 Å². The lowest BCUT2D eigenvalue weighted by Crippen LogP contribution is -2.28. The number of rotatable bonds is 4. The maximum absolute atomic E-state index is 4.47. The summed E-state index contributed by atoms with van der Waals surface area (Å²) in [5.41, 5.74) is 5.34. The zero-order valence-corrected chi connectivity index (χ0v) is 12.6. The van der Waals surface area contributed by atoms with E-state index < -0.39 is 0 Å². The van der Waals surface area contributed by atoms with Crippen LogP contribution in [0.2, 0.25) is 0 Å². The van der Waals surface area contributed by atoms with Gasteiger partial charge in [0.1, 0.15) is 0 Å². The molecule has 1 aliphatic carbocycles. The molecule has 2 aromatic rings. The van der Waals surface area contributed by atoms with Crippen LogP contribution in [0, 0.1) is 13.8 Å². The van der Waals surface area contributed by atoms with Crippen molar-refractivity contribution in [1.82, 2.24) is 14.9 Å². The van der Waals surface area contributed by atoms with Crippen molar-refractivity contribution in [1.29, 1.82) is 0 Å². The van der Waals surface area contributed by atoms with Crippen molar-refractivity contribution in [3.8, 4) is 0 Å². The molecule has 20 heavy (non-hydrogen) atoms. The highest BCUT2D eigenvalue weighted by Gasteiger charge is 2.33. The summed E-state index contributed by atoms with van der Waals surface area (Å²) < 4.78 is 2.35. The first-order valence-electron chi connectivity index (χ1n) is 7.53. The van der Waals surface area contributed by atoms with Gasteiger partial charge >= 0.3 is 0 Å². The molecule has 0 saturated heterocycles. The van der Waals surface area contributed by atoms with E-state index in [1.165, 1.54) is 16.8 Å². The summed E-state index contributed by atoms with van der Waals surface area (Å²) in [4.78, 5) is 4.47. The topological polar surface area (TPSA) is 29.9 Å². The van der Waals surface area contributed by atoms with Crippen LogP contribution in [0.4, 0.5) is 0 Å². The van der Waals surface area contributed by atoms with Crippen molar-refractivity contribution in [3.63, 3.8) is 0 Å². The molecule has 1 N–H and O–H groups in total. The number of benzene rings is 1. The Morgan fingerprint density at radius 3 is 2.80 bits per heavy atom. The maximum Gasteiger partial charge on any atom is 0.0954 e. The molecule has 3 heteroatoms. The minimum atomic E-state index is 0.401. The Morgan fingerprint density at radius 2 is 2.10 bits per heavy atom. The Balaban J connectivity index is 1.97. The lowest BCUT2D eigenvalue weighted by Gasteiger charge is -2.24. The van der Waals surface area contributed by atoms with Crippen molar-refractivity contribution in [3.05, 3.63) is 53.1 Å². The van der Waals surface area contributed by atoms with Crippen LogP contribution in [-0.4, -0.2) is 16.1 Å². The highest BCUT2D eigenvalue weighted by molar-refractivity contribution is 5.37. The van der Waals surface area contributed by atoms with Gasteiger partial charge in [0.15, 0.2) is 0 Å². The molecule has 3 rings (SSSR count). The van der Waals surface area contributed by atoms with Crippen molar-refractivity contribution in [2.45, 2.75) is 45.7 Å². The molecular formula is C17H23N3. The van der Waals surface area contributed by atoms with E-state index in [0.29, 0.717) is 12.1 Å². The summed E-state index contributed by atoms with van der Waals surface area (Å²) >= 11 is 0. The highest BCUT2D eigenvalue weighted by Crippen LogP contribution is 2.39. The fourth-order valence-electron chi connectivity index (χ4n) is 3.23. The molecule has 0 amide bonds. The second kappa shape index (κ2) is 5.41. The van der Waals surface area contributed by atoms with E-state index >= 15 is 0 Å². The predicted molar refractivity (Wildman–Crippen MR) is 81.9 cm³/mol. The highest BCUT2D eigenvalue weighted by atomic mass is 15.1. The van der Waals surface area contributed by atoms with Crippen LogP contribution in [-0.2, 0) is 6.42 Å². The largest absolute Gasteiger partial charge is 0.329 e. The molecule has 1 aromatic carbocycles. The van der Waals surface area contributed by atoms with E-state index in [0.717, 1.165) is 25.1 Å². The Hall–Kier alpha value is -1.61. The number of aryl methyl sites for hydroxylation is 1. The molecule has 0 saturated carbocycles. The number of nitrogens with one attached hydrogen (secondary N) is 1. The molecule has 0 radical (unpaired) electrons. The second-order valence-corrected chi connectivity index (χ2v) is 5.72. The molecule has 1 heterocycles. The first kappa shape index (κ1) is 13.4. The van der Waals surface area contributed by atoms with Crippen LogP contribution in [0.3, 0.4) is 0 Å². The lowest BCUT2D eigenvalue weighted by atomic mass is 10.1. The molecule has 0 aliphatic heterocycles. The third-order valence-corrected chi connectivity index (χ3v) is 4.46. The van der Waals surface area contributed by atoms with Crippen molar-refractivity contribution in [2.24, 2.45) is 0 Å². The van der Waals surface area contributed by atoms with Gasteiger partial charge in [-0.3, -0.25) is 0 Å². The standard InChI is InChI=1S/C17H23N3/c1-4-9-18-17-15-8-6-5-7-14(15)10-16(17)20-11-19-12(2)13(20)3/h5-8,11,16-18H,4,9-10H2,1-3H3. The average molecular weight is 269 g/mol. The maximum atomic E-state index is 4.47. The summed E-state index contributed by atoms with van der Waals surface area (Å²) in [7, 11) is 0. The minimum Gasteiger partial charge on any atom is -0.329 e. The van der Waals surface area contributed by atoms with Gasteiger partial charge in [-0.1, -0.05) is 31.2 Å². The number of nitrogens with zero attached hydrogens (tertiary/aromatic N) is 2. The summed E-state index contributed by atoms with van der Waals surface area (Å²) in [6, 6.07) is 9.66. The molecule has 3 nitrogen and oxygen atoms in total. The summed E-state index contributed by atoms with van der Waals surface area (Å²) in [5, 5.41) is 3.72. The summed E-state index contributed by atoms with van der Waals surface area (Å²) in [6.45, 7) is 7.53. The third kappa shape index (κ3) is 2.16. The molecule has 106 valence electrons. The Bertz CT molecular complexity index is 600. The van der Waals surface area contributed by atoms with Crippen LogP contribution >= 0.6 is 0 Å². The van der Waals surface area contributed by atoms with Crippen molar-refractivity contribution >= 4 is 0 Å². The molecule has 0 fully saturated rings. The zero-order chi connectivity index (χ0) is 14.1. The smallest absolute Gasteiger partial charge is 0.0954 e. The van der Waals surface area contributed by atoms with Gasteiger partial charge in [-0.15, -0.1) is 0 Å². The lowest BCUT2D eigenvalue weighted by molar-refractivity contribution is 0.376. The number of hydrogen-bond donors (Lipinski definition) is 1. The van der Waals surface area contributed by atoms with E-state index in [4.69, 9.17) is 0 Å². The van der Waals surface area contributed by atoms with E-state index in [2.05, 4.69) is 59.9 Å². The van der Waals surface area contributed by atoms with Crippen LogP contribution < -0.4 is 5.32 Å². The number of aromatic nitrogens is 2. The summed E-state index contributed by atoms with van der Waals surface area (Å²) in [6.07, 6.45) is 4.25. The van der Waals surface area contributed by atoms with E-state index in [9.17, 15) is 0 Å². The van der Waals surface area contributed by atoms with Gasteiger partial charge in [-0.2, -0.15) is 0 Å². The van der Waals surface area contributed by atoms with Gasteiger partial charge in [0.25, 0.3) is 0 Å². The van der Waals surface area contributed by atoms with Gasteiger partial charge in [0.2, 0.25) is 0 Å². The fourth-order valence-corrected chi connectivity index (χ4v) is 3.23. The Morgan fingerprint density at radius 1 is 1.30 bits per heavy atom. The van der Waals surface area contributed by atoms with E-state index in [-0.39, 0.29) is 0 Å². The van der Waals surface area contributed by atoms with Crippen LogP contribution in [0.25, 0.3) is 0 Å². The van der Waals surface area contributed by atoms with Gasteiger partial charge in [-0.25, -0.2) is 4.98 Å². The molecule has 0 bridgehead atoms. The SMILES string of the molecule is CCCNC1c2ccccc2CC1n1cnc(C)c1C. The number of fused-ring (bicyclic) bond motifs is 1. The van der Waals surface area contributed by atoms with Crippen molar-refractivity contribution < 1.29 is 0 Å². The minimum absolute atomic E-state index is 0.401. The van der Waals surface area contributed by atoms with Gasteiger partial charge in [-0.05, 0) is 44.4 Å². The molecule has 1 aromatic heterocycles. The Labute approximate surface area is 121 Å². The second-order valence-electron chi connectivity index (χ2n) is 5.72. The number of hydrogen-bond acceptors (Lipinski definition) is 2. The van der Waals surface area contributed by atoms with Crippen molar-refractivity contribution in [2.75, 3.05) is 6.54 Å². The molecule has 1 aliphatic rings. The normalized spacial score (nSPS) is 21.1. The van der Waals surface area contributed by atoms with Gasteiger partial charge in [0, 0.05) is 5.69 Å². The van der Waals surface area contributed by atoms with Gasteiger partial charge < -0.3 is 9.88 Å². The Kier molecular flexibility index (Phi) is 3.62. The third-order valence-electron chi connectivity index (χ3n) is 4.46. The molecular weight excluding hydrogens is 246 g/mol. The monoisotopic (exact) mass is 269 g/mol. The first-order chi connectivity index (χ1) is 9.72. The van der Waals surface area contributed by atoms with Crippen LogP contribution in [0.5, 0.6) is 0 Å². The van der Waals surface area contributed by atoms with E-state index in [1.807, 2.05) is 6.33 Å². The first-order valence-corrected chi connectivity index (χ1v) is 7.53. The quantitative estimate of drug-likeness (QED) is 0.922. The predicted octanol–water partition coefficient (Wildman–Crippen LogP) is 3.34. The van der Waals surface area contributed by atoms with Gasteiger partial charge in [0.05, 0.1) is 24.1 Å². The fraction of sp³-hybridized carbons (Fsp3) is 0.471. The summed E-state index contributed by atoms with van der Waals surface area (Å²) in [5.74, 6) is 0. The van der Waals surface area contributed by atoms with Crippen LogP contribution in [0.15, 0.2) is 30.6 Å². The molecule has 0 spiro atoms.